The number of nitrogens with zero attached hydrogens (tertiary/aromatic N) is 2. The summed E-state index contributed by atoms with van der Waals surface area (Å²) in [5.74, 6) is -1.74. The van der Waals surface area contributed by atoms with Crippen LogP contribution < -0.4 is 5.73 Å². The summed E-state index contributed by atoms with van der Waals surface area (Å²) in [5.41, 5.74) is 4.88. The molecule has 0 spiro atoms. The maximum atomic E-state index is 10.5. The Bertz CT molecular complexity index is 230. The maximum absolute atomic E-state index is 10.5. The number of amides is 1. The number of nitriles is 1. The Hall–Kier alpha value is -1.61. The summed E-state index contributed by atoms with van der Waals surface area (Å²) >= 11 is 0. The number of primary amides is 1. The lowest BCUT2D eigenvalue weighted by molar-refractivity contribution is -0.138. The van der Waals surface area contributed by atoms with Crippen molar-refractivity contribution in [3.8, 4) is 6.07 Å². The van der Waals surface area contributed by atoms with Crippen molar-refractivity contribution in [3.05, 3.63) is 0 Å². The van der Waals surface area contributed by atoms with E-state index >= 15 is 0 Å². The monoisotopic (exact) mass is 185 g/mol. The summed E-state index contributed by atoms with van der Waals surface area (Å²) in [5, 5.41) is 16.9. The van der Waals surface area contributed by atoms with Crippen molar-refractivity contribution in [3.63, 3.8) is 0 Å². The zero-order valence-electron chi connectivity index (χ0n) is 7.23. The van der Waals surface area contributed by atoms with Crippen molar-refractivity contribution in [2.24, 2.45) is 5.73 Å². The van der Waals surface area contributed by atoms with Gasteiger partial charge in [-0.2, -0.15) is 5.26 Å². The van der Waals surface area contributed by atoms with E-state index in [0.717, 1.165) is 0 Å². The molecule has 0 radical (unpaired) electrons. The normalized spacial score (nSPS) is 12.1. The molecule has 0 aromatic rings. The van der Waals surface area contributed by atoms with E-state index in [1.807, 2.05) is 6.07 Å². The maximum Gasteiger partial charge on any atom is 0.317 e. The summed E-state index contributed by atoms with van der Waals surface area (Å²) in [6.45, 7) is 0.921. The fourth-order valence-corrected chi connectivity index (χ4v) is 0.785. The molecular formula is C7H11N3O3. The number of carbonyl (C=O) groups is 2. The largest absolute Gasteiger partial charge is 0.480 e. The number of aliphatic carboxylic acids is 1. The number of hydrogen-bond acceptors (Lipinski definition) is 4. The van der Waals surface area contributed by atoms with Gasteiger partial charge in [0.15, 0.2) is 0 Å². The Morgan fingerprint density at radius 1 is 1.62 bits per heavy atom. The van der Waals surface area contributed by atoms with Crippen molar-refractivity contribution >= 4 is 11.9 Å². The molecule has 0 aliphatic carbocycles. The van der Waals surface area contributed by atoms with Crippen LogP contribution in [-0.2, 0) is 9.59 Å². The zero-order valence-corrected chi connectivity index (χ0v) is 7.23. The number of carboxylic acids is 1. The van der Waals surface area contributed by atoms with Crippen LogP contribution in [0.1, 0.15) is 6.92 Å². The molecule has 13 heavy (non-hydrogen) atoms. The van der Waals surface area contributed by atoms with E-state index in [1.165, 1.54) is 11.8 Å². The van der Waals surface area contributed by atoms with Crippen molar-refractivity contribution in [2.75, 3.05) is 13.1 Å². The first-order valence-electron chi connectivity index (χ1n) is 3.61. The molecule has 0 aliphatic heterocycles. The smallest absolute Gasteiger partial charge is 0.317 e. The molecule has 0 fully saturated rings. The van der Waals surface area contributed by atoms with Crippen LogP contribution in [0.4, 0.5) is 0 Å². The molecule has 1 atom stereocenters. The van der Waals surface area contributed by atoms with Crippen LogP contribution in [0, 0.1) is 11.3 Å². The first kappa shape index (κ1) is 11.4. The Labute approximate surface area is 75.5 Å². The van der Waals surface area contributed by atoms with Gasteiger partial charge in [-0.15, -0.1) is 0 Å². The SMILES string of the molecule is CC(C#N)N(CC(N)=O)CC(=O)O. The van der Waals surface area contributed by atoms with Gasteiger partial charge in [0.1, 0.15) is 0 Å². The second-order valence-electron chi connectivity index (χ2n) is 2.57. The van der Waals surface area contributed by atoms with E-state index in [4.69, 9.17) is 16.1 Å². The van der Waals surface area contributed by atoms with Gasteiger partial charge in [-0.25, -0.2) is 0 Å². The summed E-state index contributed by atoms with van der Waals surface area (Å²) in [7, 11) is 0. The standard InChI is InChI=1S/C7H11N3O3/c1-5(2-8)10(3-6(9)11)4-7(12)13/h5H,3-4H2,1H3,(H2,9,11)(H,12,13). The van der Waals surface area contributed by atoms with Crippen LogP contribution in [0.2, 0.25) is 0 Å². The molecule has 0 rings (SSSR count). The molecule has 72 valence electrons. The van der Waals surface area contributed by atoms with Crippen molar-refractivity contribution < 1.29 is 14.7 Å². The quantitative estimate of drug-likeness (QED) is 0.557. The van der Waals surface area contributed by atoms with Crippen LogP contribution in [0.15, 0.2) is 0 Å². The second-order valence-corrected chi connectivity index (χ2v) is 2.57. The molecule has 1 amide bonds. The van der Waals surface area contributed by atoms with Gasteiger partial charge in [0.25, 0.3) is 0 Å². The van der Waals surface area contributed by atoms with Crippen molar-refractivity contribution in [2.45, 2.75) is 13.0 Å². The molecule has 3 N–H and O–H groups in total. The van der Waals surface area contributed by atoms with Gasteiger partial charge in [0.05, 0.1) is 25.2 Å². The van der Waals surface area contributed by atoms with Crippen molar-refractivity contribution in [1.29, 1.82) is 5.26 Å². The first-order chi connectivity index (χ1) is 5.97. The molecule has 0 aromatic carbocycles. The fraction of sp³-hybridized carbons (Fsp3) is 0.571. The average molecular weight is 185 g/mol. The highest BCUT2D eigenvalue weighted by Gasteiger charge is 2.17. The van der Waals surface area contributed by atoms with Crippen LogP contribution >= 0.6 is 0 Å². The van der Waals surface area contributed by atoms with E-state index in [9.17, 15) is 9.59 Å². The topological polar surface area (TPSA) is 107 Å². The third-order valence-electron chi connectivity index (χ3n) is 1.43. The third-order valence-corrected chi connectivity index (χ3v) is 1.43. The number of hydrogen-bond donors (Lipinski definition) is 2. The molecular weight excluding hydrogens is 174 g/mol. The molecule has 6 heteroatoms. The molecule has 6 nitrogen and oxygen atoms in total. The highest BCUT2D eigenvalue weighted by atomic mass is 16.4. The fourth-order valence-electron chi connectivity index (χ4n) is 0.785. The van der Waals surface area contributed by atoms with Crippen molar-refractivity contribution in [1.82, 2.24) is 4.90 Å². The second kappa shape index (κ2) is 5.11. The molecule has 0 saturated carbocycles. The Kier molecular flexibility index (Phi) is 4.48. The Balaban J connectivity index is 4.28. The predicted octanol–water partition coefficient (Wildman–Crippen LogP) is -1.23. The minimum Gasteiger partial charge on any atom is -0.480 e. The summed E-state index contributed by atoms with van der Waals surface area (Å²) < 4.78 is 0. The summed E-state index contributed by atoms with van der Waals surface area (Å²) in [6.07, 6.45) is 0. The van der Waals surface area contributed by atoms with Gasteiger partial charge in [-0.3, -0.25) is 14.5 Å². The van der Waals surface area contributed by atoms with Gasteiger partial charge in [0.2, 0.25) is 5.91 Å². The van der Waals surface area contributed by atoms with Gasteiger partial charge in [0, 0.05) is 0 Å². The molecule has 0 aliphatic rings. The summed E-state index contributed by atoms with van der Waals surface area (Å²) in [4.78, 5) is 22.0. The highest BCUT2D eigenvalue weighted by molar-refractivity contribution is 5.77. The number of rotatable bonds is 5. The lowest BCUT2D eigenvalue weighted by atomic mass is 10.3. The van der Waals surface area contributed by atoms with E-state index in [0.29, 0.717) is 0 Å². The summed E-state index contributed by atoms with van der Waals surface area (Å²) in [6, 6.07) is 1.19. The van der Waals surface area contributed by atoms with Gasteiger partial charge in [-0.1, -0.05) is 0 Å². The molecule has 0 saturated heterocycles. The average Bonchev–Trinajstić information content (AvgIpc) is 2.00. The Morgan fingerprint density at radius 3 is 2.46 bits per heavy atom. The van der Waals surface area contributed by atoms with E-state index in [2.05, 4.69) is 0 Å². The van der Waals surface area contributed by atoms with Gasteiger partial charge < -0.3 is 10.8 Å². The number of nitrogens with two attached hydrogens (primary N) is 1. The minimum absolute atomic E-state index is 0.221. The molecule has 0 aromatic heterocycles. The minimum atomic E-state index is -1.09. The van der Waals surface area contributed by atoms with Crippen LogP contribution in [0.3, 0.4) is 0 Å². The van der Waals surface area contributed by atoms with Crippen LogP contribution in [0.5, 0.6) is 0 Å². The highest BCUT2D eigenvalue weighted by Crippen LogP contribution is 1.96. The Morgan fingerprint density at radius 2 is 2.15 bits per heavy atom. The van der Waals surface area contributed by atoms with Gasteiger partial charge >= 0.3 is 5.97 Å². The zero-order chi connectivity index (χ0) is 10.4. The first-order valence-corrected chi connectivity index (χ1v) is 3.61. The third kappa shape index (κ3) is 4.76. The van der Waals surface area contributed by atoms with E-state index in [1.54, 1.807) is 0 Å². The lowest BCUT2D eigenvalue weighted by Gasteiger charge is -2.20. The molecule has 0 bridgehead atoms. The van der Waals surface area contributed by atoms with E-state index in [-0.39, 0.29) is 13.1 Å². The van der Waals surface area contributed by atoms with Gasteiger partial charge in [-0.05, 0) is 6.92 Å². The number of carbonyl (C=O) groups excluding carboxylic acids is 1. The van der Waals surface area contributed by atoms with E-state index < -0.39 is 17.9 Å². The van der Waals surface area contributed by atoms with Crippen LogP contribution in [-0.4, -0.2) is 41.0 Å². The number of carboxylic acid groups (broad SMARTS) is 1. The predicted molar refractivity (Wildman–Crippen MR) is 43.5 cm³/mol. The lowest BCUT2D eigenvalue weighted by Crippen LogP contribution is -2.42. The molecule has 0 heterocycles. The molecule has 1 unspecified atom stereocenters. The van der Waals surface area contributed by atoms with Crippen LogP contribution in [0.25, 0.3) is 0 Å².